The van der Waals surface area contributed by atoms with Gasteiger partial charge >= 0.3 is 0 Å². The van der Waals surface area contributed by atoms with Gasteiger partial charge in [0.1, 0.15) is 17.4 Å². The van der Waals surface area contributed by atoms with Crippen LogP contribution in [-0.4, -0.2) is 9.97 Å². The first kappa shape index (κ1) is 14.3. The Morgan fingerprint density at radius 3 is 2.40 bits per heavy atom. The third-order valence-corrected chi connectivity index (χ3v) is 3.20. The molecule has 2 aromatic rings. The molecule has 1 heterocycles. The van der Waals surface area contributed by atoms with Crippen LogP contribution in [0, 0.1) is 6.92 Å². The quantitative estimate of drug-likeness (QED) is 0.901. The molecule has 2 rings (SSSR count). The van der Waals surface area contributed by atoms with E-state index in [9.17, 15) is 0 Å². The summed E-state index contributed by atoms with van der Waals surface area (Å²) in [5.74, 6) is 2.54. The molecule has 0 amide bonds. The zero-order valence-electron chi connectivity index (χ0n) is 12.3. The molecule has 0 unspecified atom stereocenters. The highest BCUT2D eigenvalue weighted by Crippen LogP contribution is 2.26. The number of ether oxygens (including phenoxy) is 1. The molecule has 1 aromatic carbocycles. The summed E-state index contributed by atoms with van der Waals surface area (Å²) in [5.41, 5.74) is 7.98. The van der Waals surface area contributed by atoms with Crippen molar-refractivity contribution in [3.8, 4) is 11.6 Å². The molecule has 0 aliphatic rings. The molecule has 0 bridgehead atoms. The van der Waals surface area contributed by atoms with Crippen molar-refractivity contribution >= 4 is 5.82 Å². The fourth-order valence-corrected chi connectivity index (χ4v) is 1.90. The predicted molar refractivity (Wildman–Crippen MR) is 81.1 cm³/mol. The maximum absolute atomic E-state index is 5.92. The van der Waals surface area contributed by atoms with Gasteiger partial charge in [0, 0.05) is 6.42 Å². The number of rotatable bonds is 5. The third-order valence-electron chi connectivity index (χ3n) is 3.20. The average Bonchev–Trinajstić information content (AvgIpc) is 2.45. The molecule has 20 heavy (non-hydrogen) atoms. The normalized spacial score (nSPS) is 10.6. The van der Waals surface area contributed by atoms with E-state index in [1.54, 1.807) is 0 Å². The van der Waals surface area contributed by atoms with E-state index in [-0.39, 0.29) is 0 Å². The Kier molecular flexibility index (Phi) is 4.56. The van der Waals surface area contributed by atoms with Crippen LogP contribution in [0.2, 0.25) is 0 Å². The highest BCUT2D eigenvalue weighted by Gasteiger charge is 2.10. The number of aryl methyl sites for hydroxylation is 2. The Balaban J connectivity index is 2.26. The number of nitrogen functional groups attached to an aromatic ring is 1. The van der Waals surface area contributed by atoms with Crippen molar-refractivity contribution < 1.29 is 4.74 Å². The van der Waals surface area contributed by atoms with E-state index in [0.29, 0.717) is 11.7 Å². The van der Waals surface area contributed by atoms with Gasteiger partial charge in [-0.2, -0.15) is 4.98 Å². The second-order valence-corrected chi connectivity index (χ2v) is 4.80. The lowest BCUT2D eigenvalue weighted by Gasteiger charge is -2.11. The summed E-state index contributed by atoms with van der Waals surface area (Å²) in [6.07, 6.45) is 2.79. The number of anilines is 1. The zero-order valence-corrected chi connectivity index (χ0v) is 12.3. The van der Waals surface area contributed by atoms with Crippen LogP contribution >= 0.6 is 0 Å². The lowest BCUT2D eigenvalue weighted by Crippen LogP contribution is -2.05. The van der Waals surface area contributed by atoms with Crippen LogP contribution in [0.3, 0.4) is 0 Å². The molecule has 0 fully saturated rings. The molecule has 0 radical (unpaired) electrons. The van der Waals surface area contributed by atoms with E-state index in [4.69, 9.17) is 10.5 Å². The Hall–Kier alpha value is -2.10. The van der Waals surface area contributed by atoms with E-state index in [2.05, 4.69) is 35.9 Å². The molecule has 106 valence electrons. The summed E-state index contributed by atoms with van der Waals surface area (Å²) < 4.78 is 5.85. The van der Waals surface area contributed by atoms with Gasteiger partial charge in [0.2, 0.25) is 5.88 Å². The van der Waals surface area contributed by atoms with E-state index in [0.717, 1.165) is 36.4 Å². The zero-order chi connectivity index (χ0) is 14.5. The fraction of sp³-hybridized carbons (Fsp3) is 0.375. The summed E-state index contributed by atoms with van der Waals surface area (Å²) in [6.45, 7) is 6.09. The molecule has 1 aromatic heterocycles. The van der Waals surface area contributed by atoms with E-state index in [1.165, 1.54) is 5.56 Å². The maximum atomic E-state index is 5.92. The van der Waals surface area contributed by atoms with E-state index >= 15 is 0 Å². The number of nitrogens with zero attached hydrogens (tertiary/aromatic N) is 2. The Labute approximate surface area is 120 Å². The van der Waals surface area contributed by atoms with Gasteiger partial charge in [-0.15, -0.1) is 0 Å². The predicted octanol–water partition coefficient (Wildman–Crippen LogP) is 3.67. The highest BCUT2D eigenvalue weighted by molar-refractivity contribution is 5.46. The molecule has 2 N–H and O–H groups in total. The third kappa shape index (κ3) is 3.26. The topological polar surface area (TPSA) is 61.0 Å². The maximum Gasteiger partial charge on any atom is 0.227 e. The van der Waals surface area contributed by atoms with Crippen LogP contribution in [0.4, 0.5) is 5.82 Å². The molecular formula is C16H21N3O. The largest absolute Gasteiger partial charge is 0.439 e. The van der Waals surface area contributed by atoms with Crippen LogP contribution in [0.5, 0.6) is 11.6 Å². The molecule has 4 nitrogen and oxygen atoms in total. The molecular weight excluding hydrogens is 250 g/mol. The number of aromatic nitrogens is 2. The smallest absolute Gasteiger partial charge is 0.227 e. The van der Waals surface area contributed by atoms with Gasteiger partial charge in [0.05, 0.1) is 5.56 Å². The summed E-state index contributed by atoms with van der Waals surface area (Å²) in [5, 5.41) is 0. The SMILES string of the molecule is CCCc1nc(N)c(C)c(Oc2ccc(CC)cc2)n1. The van der Waals surface area contributed by atoms with Crippen molar-refractivity contribution in [2.75, 3.05) is 5.73 Å². The first-order valence-corrected chi connectivity index (χ1v) is 7.03. The van der Waals surface area contributed by atoms with Crippen molar-refractivity contribution in [1.82, 2.24) is 9.97 Å². The van der Waals surface area contributed by atoms with Crippen molar-refractivity contribution in [1.29, 1.82) is 0 Å². The van der Waals surface area contributed by atoms with E-state index in [1.807, 2.05) is 19.1 Å². The molecule has 0 saturated carbocycles. The fourth-order valence-electron chi connectivity index (χ4n) is 1.90. The minimum atomic E-state index is 0.489. The van der Waals surface area contributed by atoms with Crippen LogP contribution in [0.25, 0.3) is 0 Å². The second kappa shape index (κ2) is 6.37. The van der Waals surface area contributed by atoms with Gasteiger partial charge < -0.3 is 10.5 Å². The first-order chi connectivity index (χ1) is 9.63. The second-order valence-electron chi connectivity index (χ2n) is 4.80. The van der Waals surface area contributed by atoms with Crippen LogP contribution in [0.15, 0.2) is 24.3 Å². The molecule has 4 heteroatoms. The number of hydrogen-bond acceptors (Lipinski definition) is 4. The average molecular weight is 271 g/mol. The monoisotopic (exact) mass is 271 g/mol. The molecule has 0 aliphatic carbocycles. The van der Waals surface area contributed by atoms with Gasteiger partial charge in [0.25, 0.3) is 0 Å². The Morgan fingerprint density at radius 2 is 1.80 bits per heavy atom. The number of nitrogens with two attached hydrogens (primary N) is 1. The summed E-state index contributed by atoms with van der Waals surface area (Å²) in [7, 11) is 0. The first-order valence-electron chi connectivity index (χ1n) is 7.03. The van der Waals surface area contributed by atoms with Crippen LogP contribution in [0.1, 0.15) is 37.2 Å². The van der Waals surface area contributed by atoms with Gasteiger partial charge in [-0.25, -0.2) is 4.98 Å². The van der Waals surface area contributed by atoms with Crippen molar-refractivity contribution in [2.24, 2.45) is 0 Å². The molecule has 0 saturated heterocycles. The van der Waals surface area contributed by atoms with Crippen molar-refractivity contribution in [2.45, 2.75) is 40.0 Å². The number of benzene rings is 1. The van der Waals surface area contributed by atoms with E-state index < -0.39 is 0 Å². The van der Waals surface area contributed by atoms with Crippen molar-refractivity contribution in [3.05, 3.63) is 41.2 Å². The summed E-state index contributed by atoms with van der Waals surface area (Å²) >= 11 is 0. The summed E-state index contributed by atoms with van der Waals surface area (Å²) in [4.78, 5) is 8.73. The molecule has 0 spiro atoms. The van der Waals surface area contributed by atoms with Crippen LogP contribution in [-0.2, 0) is 12.8 Å². The van der Waals surface area contributed by atoms with Gasteiger partial charge in [0.15, 0.2) is 0 Å². The molecule has 0 aliphatic heterocycles. The lowest BCUT2D eigenvalue weighted by atomic mass is 10.2. The Bertz CT molecular complexity index is 579. The summed E-state index contributed by atoms with van der Waals surface area (Å²) in [6, 6.07) is 8.02. The molecule has 0 atom stereocenters. The minimum absolute atomic E-state index is 0.489. The lowest BCUT2D eigenvalue weighted by molar-refractivity contribution is 0.454. The van der Waals surface area contributed by atoms with Gasteiger partial charge in [-0.05, 0) is 37.5 Å². The van der Waals surface area contributed by atoms with Crippen LogP contribution < -0.4 is 10.5 Å². The Morgan fingerprint density at radius 1 is 1.10 bits per heavy atom. The van der Waals surface area contributed by atoms with Gasteiger partial charge in [-0.1, -0.05) is 26.0 Å². The standard InChI is InChI=1S/C16H21N3O/c1-4-6-14-18-15(17)11(3)16(19-14)20-13-9-7-12(5-2)8-10-13/h7-10H,4-6H2,1-3H3,(H2,17,18,19). The van der Waals surface area contributed by atoms with Crippen molar-refractivity contribution in [3.63, 3.8) is 0 Å². The number of hydrogen-bond donors (Lipinski definition) is 1. The van der Waals surface area contributed by atoms with Gasteiger partial charge in [-0.3, -0.25) is 0 Å². The minimum Gasteiger partial charge on any atom is -0.439 e. The highest BCUT2D eigenvalue weighted by atomic mass is 16.5.